The Hall–Kier alpha value is -3.19. The molecule has 0 fully saturated rings. The quantitative estimate of drug-likeness (QED) is 0.300. The molecule has 30 heavy (non-hydrogen) atoms. The standard InChI is InChI=1S/C29H29O/c1-21(2)18-23-14-16-24(17-15-23)22(3)28-19-27(25-10-6-4-7-11-25)20-29(30-28)26-12-8-5-9-13-26/h4-17,19-22H,18H2,1-3H3/q+1. The van der Waals surface area contributed by atoms with E-state index in [0.717, 1.165) is 23.5 Å². The van der Waals surface area contributed by atoms with Gasteiger partial charge in [-0.15, -0.1) is 0 Å². The normalized spacial score (nSPS) is 12.1. The maximum absolute atomic E-state index is 6.44. The van der Waals surface area contributed by atoms with Crippen LogP contribution in [0.2, 0.25) is 0 Å². The van der Waals surface area contributed by atoms with E-state index in [9.17, 15) is 0 Å². The van der Waals surface area contributed by atoms with E-state index in [0.29, 0.717) is 5.92 Å². The Kier molecular flexibility index (Phi) is 6.09. The van der Waals surface area contributed by atoms with Crippen LogP contribution < -0.4 is 0 Å². The van der Waals surface area contributed by atoms with Gasteiger partial charge in [0, 0.05) is 11.6 Å². The highest BCUT2D eigenvalue weighted by Crippen LogP contribution is 2.33. The zero-order chi connectivity index (χ0) is 20.9. The molecule has 3 aromatic carbocycles. The van der Waals surface area contributed by atoms with Crippen LogP contribution in [0.4, 0.5) is 0 Å². The molecule has 1 heterocycles. The van der Waals surface area contributed by atoms with Crippen LogP contribution in [0.3, 0.4) is 0 Å². The maximum atomic E-state index is 6.44. The summed E-state index contributed by atoms with van der Waals surface area (Å²) in [5.74, 6) is 2.71. The summed E-state index contributed by atoms with van der Waals surface area (Å²) in [5.41, 5.74) is 6.14. The first-order chi connectivity index (χ1) is 14.6. The predicted molar refractivity (Wildman–Crippen MR) is 126 cm³/mol. The fourth-order valence-electron chi connectivity index (χ4n) is 3.86. The van der Waals surface area contributed by atoms with Crippen LogP contribution >= 0.6 is 0 Å². The second-order valence-corrected chi connectivity index (χ2v) is 8.41. The summed E-state index contributed by atoms with van der Waals surface area (Å²) in [6, 6.07) is 34.2. The lowest BCUT2D eigenvalue weighted by Crippen LogP contribution is -1.99. The van der Waals surface area contributed by atoms with Gasteiger partial charge in [-0.2, -0.15) is 0 Å². The molecule has 0 aliphatic carbocycles. The molecule has 0 N–H and O–H groups in total. The second-order valence-electron chi connectivity index (χ2n) is 8.41. The van der Waals surface area contributed by atoms with Gasteiger partial charge in [0.15, 0.2) is 0 Å². The topological polar surface area (TPSA) is 11.3 Å². The van der Waals surface area contributed by atoms with E-state index in [1.54, 1.807) is 0 Å². The number of hydrogen-bond acceptors (Lipinski definition) is 0. The highest BCUT2D eigenvalue weighted by molar-refractivity contribution is 5.70. The number of rotatable bonds is 6. The fraction of sp³-hybridized carbons (Fsp3) is 0.207. The highest BCUT2D eigenvalue weighted by atomic mass is 16.3. The van der Waals surface area contributed by atoms with Crippen molar-refractivity contribution in [2.45, 2.75) is 33.1 Å². The summed E-state index contributed by atoms with van der Waals surface area (Å²) < 4.78 is 6.44. The Labute approximate surface area is 180 Å². The molecular formula is C29H29O+. The van der Waals surface area contributed by atoms with E-state index < -0.39 is 0 Å². The molecule has 0 aliphatic rings. The highest BCUT2D eigenvalue weighted by Gasteiger charge is 2.25. The van der Waals surface area contributed by atoms with Crippen molar-refractivity contribution in [3.8, 4) is 22.5 Å². The first-order valence-corrected chi connectivity index (χ1v) is 10.8. The van der Waals surface area contributed by atoms with E-state index in [1.165, 1.54) is 22.3 Å². The van der Waals surface area contributed by atoms with E-state index in [1.807, 2.05) is 6.07 Å². The van der Waals surface area contributed by atoms with Gasteiger partial charge >= 0.3 is 11.5 Å². The van der Waals surface area contributed by atoms with Gasteiger partial charge in [-0.25, -0.2) is 4.42 Å². The van der Waals surface area contributed by atoms with Crippen LogP contribution in [0.15, 0.2) is 101 Å². The van der Waals surface area contributed by atoms with E-state index in [-0.39, 0.29) is 5.92 Å². The smallest absolute Gasteiger partial charge is 0.212 e. The monoisotopic (exact) mass is 393 g/mol. The number of benzene rings is 3. The Morgan fingerprint density at radius 2 is 1.23 bits per heavy atom. The maximum Gasteiger partial charge on any atom is 0.360 e. The minimum absolute atomic E-state index is 0.171. The minimum Gasteiger partial charge on any atom is -0.212 e. The Morgan fingerprint density at radius 3 is 1.83 bits per heavy atom. The fourth-order valence-corrected chi connectivity index (χ4v) is 3.86. The number of hydrogen-bond donors (Lipinski definition) is 0. The molecule has 4 rings (SSSR count). The van der Waals surface area contributed by atoms with Crippen molar-refractivity contribution in [1.82, 2.24) is 0 Å². The van der Waals surface area contributed by atoms with Crippen LogP contribution in [0.1, 0.15) is 43.6 Å². The van der Waals surface area contributed by atoms with Crippen molar-refractivity contribution >= 4 is 0 Å². The van der Waals surface area contributed by atoms with E-state index in [2.05, 4.69) is 112 Å². The van der Waals surface area contributed by atoms with Crippen LogP contribution in [0.25, 0.3) is 22.5 Å². The largest absolute Gasteiger partial charge is 0.360 e. The molecule has 0 saturated heterocycles. The van der Waals surface area contributed by atoms with Crippen LogP contribution in [-0.4, -0.2) is 0 Å². The molecule has 0 bridgehead atoms. The average molecular weight is 394 g/mol. The molecule has 0 radical (unpaired) electrons. The first-order valence-electron chi connectivity index (χ1n) is 10.8. The Bertz CT molecular complexity index is 1020. The van der Waals surface area contributed by atoms with Crippen LogP contribution in [0.5, 0.6) is 0 Å². The van der Waals surface area contributed by atoms with Gasteiger partial charge in [-0.1, -0.05) is 86.6 Å². The molecule has 1 nitrogen and oxygen atoms in total. The average Bonchev–Trinajstić information content (AvgIpc) is 2.79. The summed E-state index contributed by atoms with van der Waals surface area (Å²) in [7, 11) is 0. The molecule has 0 saturated carbocycles. The van der Waals surface area contributed by atoms with Crippen molar-refractivity contribution in [3.63, 3.8) is 0 Å². The third-order valence-electron chi connectivity index (χ3n) is 5.53. The second kappa shape index (κ2) is 9.09. The van der Waals surface area contributed by atoms with Crippen LogP contribution in [-0.2, 0) is 6.42 Å². The summed E-state index contributed by atoms with van der Waals surface area (Å²) >= 11 is 0. The lowest BCUT2D eigenvalue weighted by atomic mass is 9.93. The molecular weight excluding hydrogens is 364 g/mol. The van der Waals surface area contributed by atoms with Gasteiger partial charge in [0.25, 0.3) is 0 Å². The van der Waals surface area contributed by atoms with Gasteiger partial charge < -0.3 is 0 Å². The van der Waals surface area contributed by atoms with Gasteiger partial charge in [0.1, 0.15) is 0 Å². The lowest BCUT2D eigenvalue weighted by molar-refractivity contribution is 0.492. The summed E-state index contributed by atoms with van der Waals surface area (Å²) in [6.45, 7) is 6.74. The van der Waals surface area contributed by atoms with E-state index >= 15 is 0 Å². The van der Waals surface area contributed by atoms with Crippen molar-refractivity contribution in [3.05, 3.63) is 114 Å². The van der Waals surface area contributed by atoms with Crippen molar-refractivity contribution in [2.75, 3.05) is 0 Å². The zero-order valence-electron chi connectivity index (χ0n) is 18.0. The Morgan fingerprint density at radius 1 is 0.633 bits per heavy atom. The van der Waals surface area contributed by atoms with Gasteiger partial charge in [0.2, 0.25) is 0 Å². The molecule has 1 heteroatoms. The molecule has 0 amide bonds. The SMILES string of the molecule is CC(C)Cc1ccc(C(C)c2cc(-c3ccccc3)cc(-c3ccccc3)[o+]2)cc1. The van der Waals surface area contributed by atoms with Crippen molar-refractivity contribution in [1.29, 1.82) is 0 Å². The van der Waals surface area contributed by atoms with Crippen molar-refractivity contribution < 1.29 is 4.42 Å². The minimum atomic E-state index is 0.171. The summed E-state index contributed by atoms with van der Waals surface area (Å²) in [4.78, 5) is 0. The molecule has 0 spiro atoms. The summed E-state index contributed by atoms with van der Waals surface area (Å²) in [5, 5.41) is 0. The van der Waals surface area contributed by atoms with Gasteiger partial charge in [-0.05, 0) is 48.1 Å². The van der Waals surface area contributed by atoms with Gasteiger partial charge in [-0.3, -0.25) is 0 Å². The van der Waals surface area contributed by atoms with Crippen molar-refractivity contribution in [2.24, 2.45) is 5.92 Å². The first kappa shape index (κ1) is 20.1. The Balaban J connectivity index is 1.74. The molecule has 150 valence electrons. The molecule has 0 aliphatic heterocycles. The van der Waals surface area contributed by atoms with Crippen LogP contribution in [0, 0.1) is 5.92 Å². The third kappa shape index (κ3) is 4.68. The summed E-state index contributed by atoms with van der Waals surface area (Å²) in [6.07, 6.45) is 1.11. The van der Waals surface area contributed by atoms with E-state index in [4.69, 9.17) is 4.42 Å². The molecule has 1 aromatic heterocycles. The lowest BCUT2D eigenvalue weighted by Gasteiger charge is -2.10. The zero-order valence-corrected chi connectivity index (χ0v) is 18.0. The molecule has 4 aromatic rings. The molecule has 1 unspecified atom stereocenters. The third-order valence-corrected chi connectivity index (χ3v) is 5.53. The molecule has 1 atom stereocenters. The van der Waals surface area contributed by atoms with Gasteiger partial charge in [0.05, 0.1) is 17.5 Å². The predicted octanol–water partition coefficient (Wildman–Crippen LogP) is 8.25.